The van der Waals surface area contributed by atoms with E-state index in [1.165, 1.54) is 11.3 Å². The zero-order chi connectivity index (χ0) is 24.6. The minimum absolute atomic E-state index is 0.179. The summed E-state index contributed by atoms with van der Waals surface area (Å²) in [6.07, 6.45) is -0.186. The molecule has 0 radical (unpaired) electrons. The minimum Gasteiger partial charge on any atom is -0.461 e. The van der Waals surface area contributed by atoms with Crippen molar-refractivity contribution in [1.29, 1.82) is 0 Å². The fraction of sp³-hybridized carbons (Fsp3) is 0.500. The van der Waals surface area contributed by atoms with Crippen molar-refractivity contribution in [1.82, 2.24) is 15.6 Å². The number of rotatable bonds is 9. The third kappa shape index (κ3) is 8.49. The van der Waals surface area contributed by atoms with Crippen LogP contribution in [0.25, 0.3) is 0 Å². The lowest BCUT2D eigenvalue weighted by molar-refractivity contribution is -0.125. The maximum Gasteiger partial charge on any atom is 0.408 e. The Bertz CT molecular complexity index is 937. The third-order valence-corrected chi connectivity index (χ3v) is 5.48. The number of carbonyl (C=O) groups excluding carboxylic acids is 3. The van der Waals surface area contributed by atoms with Gasteiger partial charge in [-0.3, -0.25) is 4.79 Å². The molecule has 2 rings (SSSR count). The molecule has 0 unspecified atom stereocenters. The van der Waals surface area contributed by atoms with Gasteiger partial charge in [-0.15, -0.1) is 11.3 Å². The second kappa shape index (κ2) is 11.8. The third-order valence-electron chi connectivity index (χ3n) is 4.53. The van der Waals surface area contributed by atoms with Gasteiger partial charge in [0.2, 0.25) is 5.91 Å². The monoisotopic (exact) mass is 475 g/mol. The molecule has 1 heterocycles. The lowest BCUT2D eigenvalue weighted by Gasteiger charge is -2.27. The number of esters is 1. The van der Waals surface area contributed by atoms with Crippen LogP contribution in [0, 0.1) is 5.92 Å². The highest BCUT2D eigenvalue weighted by molar-refractivity contribution is 7.09. The van der Waals surface area contributed by atoms with Crippen LogP contribution in [-0.4, -0.2) is 41.2 Å². The predicted octanol–water partition coefficient (Wildman–Crippen LogP) is 4.27. The normalized spacial score (nSPS) is 13.2. The number of hydrogen-bond donors (Lipinski definition) is 2. The first-order chi connectivity index (χ1) is 15.5. The molecule has 0 aliphatic rings. The number of nitrogens with one attached hydrogen (secondary N) is 2. The van der Waals surface area contributed by atoms with Crippen molar-refractivity contribution >= 4 is 29.3 Å². The first-order valence-corrected chi connectivity index (χ1v) is 11.8. The summed E-state index contributed by atoms with van der Waals surface area (Å²) in [5, 5.41) is 7.87. The van der Waals surface area contributed by atoms with Gasteiger partial charge in [-0.05, 0) is 45.6 Å². The topological polar surface area (TPSA) is 107 Å². The number of alkyl carbamates (subject to hydrolysis) is 1. The van der Waals surface area contributed by atoms with E-state index in [0.717, 1.165) is 5.56 Å². The van der Waals surface area contributed by atoms with Gasteiger partial charge in [-0.2, -0.15) is 0 Å². The fourth-order valence-corrected chi connectivity index (χ4v) is 3.87. The largest absolute Gasteiger partial charge is 0.461 e. The summed E-state index contributed by atoms with van der Waals surface area (Å²) in [6, 6.07) is 8.37. The van der Waals surface area contributed by atoms with Crippen LogP contribution in [0.4, 0.5) is 4.79 Å². The van der Waals surface area contributed by atoms with Gasteiger partial charge in [-0.25, -0.2) is 14.6 Å². The van der Waals surface area contributed by atoms with Crippen molar-refractivity contribution < 1.29 is 23.9 Å². The minimum atomic E-state index is -0.803. The molecule has 2 N–H and O–H groups in total. The van der Waals surface area contributed by atoms with Crippen LogP contribution in [0.5, 0.6) is 0 Å². The quantitative estimate of drug-likeness (QED) is 0.525. The second-order valence-electron chi connectivity index (χ2n) is 8.91. The molecule has 0 bridgehead atoms. The Morgan fingerprint density at radius 2 is 1.76 bits per heavy atom. The van der Waals surface area contributed by atoms with Gasteiger partial charge in [0.1, 0.15) is 16.7 Å². The number of hydrogen-bond acceptors (Lipinski definition) is 7. The maximum atomic E-state index is 13.2. The first-order valence-electron chi connectivity index (χ1n) is 11.0. The Morgan fingerprint density at radius 1 is 1.09 bits per heavy atom. The Morgan fingerprint density at radius 3 is 2.33 bits per heavy atom. The van der Waals surface area contributed by atoms with Gasteiger partial charge in [-0.1, -0.05) is 44.2 Å². The summed E-state index contributed by atoms with van der Waals surface area (Å²) in [4.78, 5) is 42.0. The summed E-state index contributed by atoms with van der Waals surface area (Å²) in [5.41, 5.74) is 0.524. The molecule has 0 spiro atoms. The average Bonchev–Trinajstić information content (AvgIpc) is 3.21. The predicted molar refractivity (Wildman–Crippen MR) is 127 cm³/mol. The zero-order valence-corrected chi connectivity index (χ0v) is 20.8. The van der Waals surface area contributed by atoms with Gasteiger partial charge in [0.05, 0.1) is 12.6 Å². The highest BCUT2D eigenvalue weighted by Gasteiger charge is 2.30. The fourth-order valence-electron chi connectivity index (χ4n) is 3.03. The van der Waals surface area contributed by atoms with Crippen LogP contribution < -0.4 is 10.6 Å². The van der Waals surface area contributed by atoms with E-state index in [-0.39, 0.29) is 24.1 Å². The van der Waals surface area contributed by atoms with E-state index >= 15 is 0 Å². The molecular formula is C24H33N3O5S. The number of benzene rings is 1. The smallest absolute Gasteiger partial charge is 0.408 e. The summed E-state index contributed by atoms with van der Waals surface area (Å²) >= 11 is 1.28. The van der Waals surface area contributed by atoms with Gasteiger partial charge in [0, 0.05) is 5.38 Å². The van der Waals surface area contributed by atoms with E-state index in [1.807, 2.05) is 44.2 Å². The summed E-state index contributed by atoms with van der Waals surface area (Å²) in [7, 11) is 0. The molecule has 0 aliphatic carbocycles. The van der Waals surface area contributed by atoms with Crippen molar-refractivity contribution in [2.45, 2.75) is 65.6 Å². The van der Waals surface area contributed by atoms with Crippen LogP contribution in [0.1, 0.15) is 68.6 Å². The highest BCUT2D eigenvalue weighted by Crippen LogP contribution is 2.23. The van der Waals surface area contributed by atoms with Crippen LogP contribution in [0.3, 0.4) is 0 Å². The molecule has 180 valence electrons. The molecule has 2 aromatic rings. The lowest BCUT2D eigenvalue weighted by atomic mass is 10.0. The van der Waals surface area contributed by atoms with Gasteiger partial charge in [0.15, 0.2) is 5.69 Å². The number of nitrogens with zero attached hydrogens (tertiary/aromatic N) is 1. The molecule has 0 saturated heterocycles. The van der Waals surface area contributed by atoms with E-state index in [9.17, 15) is 14.4 Å². The maximum absolute atomic E-state index is 13.2. The van der Waals surface area contributed by atoms with E-state index in [4.69, 9.17) is 9.47 Å². The standard InChI is InChI=1S/C24H33N3O5S/c1-7-31-22(29)18-14-33-21(26-18)17(13-16-11-9-8-10-12-16)25-20(28)19(15(2)3)27-23(30)32-24(4,5)6/h8-12,14-15,17,19H,7,13H2,1-6H3,(H,25,28)(H,27,30)/t17-,19-/m0/s1. The molecule has 9 heteroatoms. The van der Waals surface area contributed by atoms with Gasteiger partial charge < -0.3 is 20.1 Å². The van der Waals surface area contributed by atoms with Crippen LogP contribution >= 0.6 is 11.3 Å². The molecule has 0 fully saturated rings. The van der Waals surface area contributed by atoms with Crippen molar-refractivity contribution in [3.63, 3.8) is 0 Å². The number of thiazole rings is 1. The second-order valence-corrected chi connectivity index (χ2v) is 9.80. The molecule has 1 aromatic carbocycles. The summed E-state index contributed by atoms with van der Waals surface area (Å²) in [5.74, 6) is -1.04. The molecule has 0 aliphatic heterocycles. The van der Waals surface area contributed by atoms with Crippen molar-refractivity contribution in [3.05, 3.63) is 52.0 Å². The van der Waals surface area contributed by atoms with Gasteiger partial charge in [0.25, 0.3) is 0 Å². The van der Waals surface area contributed by atoms with Crippen molar-refractivity contribution in [2.24, 2.45) is 5.92 Å². The Balaban J connectivity index is 2.24. The average molecular weight is 476 g/mol. The number of ether oxygens (including phenoxy) is 2. The van der Waals surface area contributed by atoms with E-state index in [1.54, 1.807) is 33.1 Å². The molecule has 1 aromatic heterocycles. The van der Waals surface area contributed by atoms with E-state index < -0.39 is 29.7 Å². The Labute approximate surface area is 199 Å². The lowest BCUT2D eigenvalue weighted by Crippen LogP contribution is -2.51. The van der Waals surface area contributed by atoms with Crippen LogP contribution in [0.15, 0.2) is 35.7 Å². The molecular weight excluding hydrogens is 442 g/mol. The first kappa shape index (κ1) is 26.3. The Hall–Kier alpha value is -2.94. The SMILES string of the molecule is CCOC(=O)c1csc([C@H](Cc2ccccc2)NC(=O)[C@@H](NC(=O)OC(C)(C)C)C(C)C)n1. The number of carbonyl (C=O) groups is 3. The molecule has 2 atom stereocenters. The molecule has 33 heavy (non-hydrogen) atoms. The van der Waals surface area contributed by atoms with E-state index in [0.29, 0.717) is 11.4 Å². The van der Waals surface area contributed by atoms with Crippen LogP contribution in [0.2, 0.25) is 0 Å². The Kier molecular flexibility index (Phi) is 9.40. The molecule has 0 saturated carbocycles. The van der Waals surface area contributed by atoms with Gasteiger partial charge >= 0.3 is 12.1 Å². The number of aromatic nitrogens is 1. The summed E-state index contributed by atoms with van der Waals surface area (Å²) < 4.78 is 10.3. The summed E-state index contributed by atoms with van der Waals surface area (Å²) in [6.45, 7) is 10.9. The molecule has 2 amide bonds. The zero-order valence-electron chi connectivity index (χ0n) is 20.0. The van der Waals surface area contributed by atoms with Crippen molar-refractivity contribution in [3.8, 4) is 0 Å². The van der Waals surface area contributed by atoms with Crippen LogP contribution in [-0.2, 0) is 20.7 Å². The highest BCUT2D eigenvalue weighted by atomic mass is 32.1. The number of amides is 2. The van der Waals surface area contributed by atoms with E-state index in [2.05, 4.69) is 15.6 Å². The van der Waals surface area contributed by atoms with Crippen molar-refractivity contribution in [2.75, 3.05) is 6.61 Å². The molecule has 8 nitrogen and oxygen atoms in total.